The van der Waals surface area contributed by atoms with Crippen LogP contribution in [0.5, 0.6) is 0 Å². The Bertz CT molecular complexity index is 538. The van der Waals surface area contributed by atoms with E-state index in [-0.39, 0.29) is 10.8 Å². The van der Waals surface area contributed by atoms with Crippen molar-refractivity contribution in [1.82, 2.24) is 4.37 Å². The molecule has 92 valence electrons. The van der Waals surface area contributed by atoms with Gasteiger partial charge in [-0.2, -0.15) is 4.37 Å². The van der Waals surface area contributed by atoms with Gasteiger partial charge in [-0.15, -0.1) is 0 Å². The average Bonchev–Trinajstić information content (AvgIpc) is 2.59. The SMILES string of the molecule is CC(C)(C)c1cc(C(C)(C)C)c2nscc2c1. The van der Waals surface area contributed by atoms with Crippen LogP contribution in [-0.4, -0.2) is 4.37 Å². The van der Waals surface area contributed by atoms with Crippen LogP contribution in [0.3, 0.4) is 0 Å². The summed E-state index contributed by atoms with van der Waals surface area (Å²) in [6.45, 7) is 13.6. The van der Waals surface area contributed by atoms with E-state index < -0.39 is 0 Å². The molecule has 1 aromatic heterocycles. The molecule has 0 bridgehead atoms. The molecule has 0 saturated carbocycles. The predicted molar refractivity (Wildman–Crippen MR) is 77.0 cm³/mol. The molecule has 1 heterocycles. The monoisotopic (exact) mass is 247 g/mol. The van der Waals surface area contributed by atoms with Gasteiger partial charge >= 0.3 is 0 Å². The summed E-state index contributed by atoms with van der Waals surface area (Å²) in [5, 5.41) is 3.44. The standard InChI is InChI=1S/C15H21NS/c1-14(2,3)11-7-10-9-17-16-13(10)12(8-11)15(4,5)6/h7-9H,1-6H3. The van der Waals surface area contributed by atoms with Crippen LogP contribution >= 0.6 is 11.5 Å². The fourth-order valence-corrected chi connectivity index (χ4v) is 2.64. The van der Waals surface area contributed by atoms with E-state index in [4.69, 9.17) is 0 Å². The Balaban J connectivity index is 2.76. The summed E-state index contributed by atoms with van der Waals surface area (Å²) in [4.78, 5) is 0. The minimum Gasteiger partial charge on any atom is -0.192 e. The quantitative estimate of drug-likeness (QED) is 0.646. The average molecular weight is 247 g/mol. The number of hydrogen-bond donors (Lipinski definition) is 0. The Kier molecular flexibility index (Phi) is 2.81. The largest absolute Gasteiger partial charge is 0.192 e. The highest BCUT2D eigenvalue weighted by Crippen LogP contribution is 2.35. The molecular formula is C15H21NS. The van der Waals surface area contributed by atoms with Gasteiger partial charge in [-0.25, -0.2) is 0 Å². The topological polar surface area (TPSA) is 12.9 Å². The highest BCUT2D eigenvalue weighted by Gasteiger charge is 2.23. The number of hydrogen-bond acceptors (Lipinski definition) is 2. The van der Waals surface area contributed by atoms with Crippen molar-refractivity contribution in [2.45, 2.75) is 52.4 Å². The summed E-state index contributed by atoms with van der Waals surface area (Å²) in [7, 11) is 0. The third-order valence-corrected chi connectivity index (χ3v) is 3.78. The van der Waals surface area contributed by atoms with Crippen molar-refractivity contribution < 1.29 is 0 Å². The van der Waals surface area contributed by atoms with E-state index in [1.165, 1.54) is 22.0 Å². The number of aromatic nitrogens is 1. The predicted octanol–water partition coefficient (Wildman–Crippen LogP) is 4.89. The minimum atomic E-state index is 0.146. The second-order valence-electron chi connectivity index (χ2n) is 6.78. The maximum Gasteiger partial charge on any atom is 0.0878 e. The second-order valence-corrected chi connectivity index (χ2v) is 7.41. The van der Waals surface area contributed by atoms with Crippen LogP contribution in [0.25, 0.3) is 10.9 Å². The van der Waals surface area contributed by atoms with Crippen molar-refractivity contribution in [3.05, 3.63) is 28.6 Å². The van der Waals surface area contributed by atoms with Gasteiger partial charge in [0.15, 0.2) is 0 Å². The third-order valence-electron chi connectivity index (χ3n) is 3.14. The molecule has 17 heavy (non-hydrogen) atoms. The van der Waals surface area contributed by atoms with E-state index in [9.17, 15) is 0 Å². The van der Waals surface area contributed by atoms with Crippen LogP contribution in [0.2, 0.25) is 0 Å². The maximum atomic E-state index is 4.55. The maximum absolute atomic E-state index is 4.55. The highest BCUT2D eigenvalue weighted by atomic mass is 32.1. The van der Waals surface area contributed by atoms with Crippen LogP contribution < -0.4 is 0 Å². The number of rotatable bonds is 0. The lowest BCUT2D eigenvalue weighted by Gasteiger charge is -2.25. The minimum absolute atomic E-state index is 0.146. The van der Waals surface area contributed by atoms with E-state index in [1.807, 2.05) is 0 Å². The van der Waals surface area contributed by atoms with Gasteiger partial charge in [0, 0.05) is 10.8 Å². The molecule has 1 aromatic carbocycles. The summed E-state index contributed by atoms with van der Waals surface area (Å²) < 4.78 is 4.55. The molecule has 0 radical (unpaired) electrons. The first-order valence-corrected chi connectivity index (χ1v) is 6.92. The molecular weight excluding hydrogens is 226 g/mol. The summed E-state index contributed by atoms with van der Waals surface area (Å²) in [5.41, 5.74) is 4.27. The van der Waals surface area contributed by atoms with Gasteiger partial charge in [-0.3, -0.25) is 0 Å². The Morgan fingerprint density at radius 2 is 1.59 bits per heavy atom. The van der Waals surface area contributed by atoms with Gasteiger partial charge in [0.2, 0.25) is 0 Å². The van der Waals surface area contributed by atoms with E-state index in [2.05, 4.69) is 63.4 Å². The summed E-state index contributed by atoms with van der Waals surface area (Å²) >= 11 is 1.55. The summed E-state index contributed by atoms with van der Waals surface area (Å²) in [6, 6.07) is 4.62. The van der Waals surface area contributed by atoms with Gasteiger partial charge in [0.1, 0.15) is 0 Å². The van der Waals surface area contributed by atoms with E-state index in [0.717, 1.165) is 0 Å². The first kappa shape index (κ1) is 12.6. The first-order valence-electron chi connectivity index (χ1n) is 6.09. The Morgan fingerprint density at radius 3 is 2.12 bits per heavy atom. The molecule has 0 aliphatic heterocycles. The molecule has 0 aliphatic rings. The lowest BCUT2D eigenvalue weighted by molar-refractivity contribution is 0.572. The van der Waals surface area contributed by atoms with Crippen molar-refractivity contribution in [2.75, 3.05) is 0 Å². The zero-order valence-corrected chi connectivity index (χ0v) is 12.4. The Labute approximate surface area is 108 Å². The second kappa shape index (κ2) is 3.81. The van der Waals surface area contributed by atoms with Crippen LogP contribution in [0, 0.1) is 0 Å². The van der Waals surface area contributed by atoms with Crippen LogP contribution in [0.4, 0.5) is 0 Å². The molecule has 2 aromatic rings. The Morgan fingerprint density at radius 1 is 0.941 bits per heavy atom. The number of fused-ring (bicyclic) bond motifs is 1. The molecule has 0 aliphatic carbocycles. The zero-order valence-electron chi connectivity index (χ0n) is 11.6. The molecule has 0 unspecified atom stereocenters. The molecule has 0 fully saturated rings. The molecule has 2 rings (SSSR count). The van der Waals surface area contributed by atoms with Crippen molar-refractivity contribution in [1.29, 1.82) is 0 Å². The van der Waals surface area contributed by atoms with E-state index in [1.54, 1.807) is 11.5 Å². The fourth-order valence-electron chi connectivity index (χ4n) is 1.99. The van der Waals surface area contributed by atoms with Gasteiger partial charge in [-0.05, 0) is 39.6 Å². The first-order chi connectivity index (χ1) is 7.69. The van der Waals surface area contributed by atoms with Crippen molar-refractivity contribution >= 4 is 22.4 Å². The normalized spacial score (nSPS) is 13.3. The highest BCUT2D eigenvalue weighted by molar-refractivity contribution is 7.04. The molecule has 0 saturated heterocycles. The van der Waals surface area contributed by atoms with E-state index in [0.29, 0.717) is 0 Å². The lowest BCUT2D eigenvalue weighted by Crippen LogP contribution is -2.16. The fraction of sp³-hybridized carbons (Fsp3) is 0.533. The van der Waals surface area contributed by atoms with Crippen LogP contribution in [0.1, 0.15) is 52.7 Å². The van der Waals surface area contributed by atoms with Gasteiger partial charge in [0.05, 0.1) is 5.52 Å². The molecule has 0 spiro atoms. The molecule has 1 nitrogen and oxygen atoms in total. The lowest BCUT2D eigenvalue weighted by atomic mass is 9.79. The molecule has 0 amide bonds. The van der Waals surface area contributed by atoms with Crippen molar-refractivity contribution in [2.24, 2.45) is 0 Å². The molecule has 0 N–H and O–H groups in total. The smallest absolute Gasteiger partial charge is 0.0878 e. The summed E-state index contributed by atoms with van der Waals surface area (Å²) in [5.74, 6) is 0. The number of nitrogens with zero attached hydrogens (tertiary/aromatic N) is 1. The summed E-state index contributed by atoms with van der Waals surface area (Å²) in [6.07, 6.45) is 0. The van der Waals surface area contributed by atoms with Crippen LogP contribution in [0.15, 0.2) is 17.5 Å². The molecule has 0 atom stereocenters. The zero-order chi connectivity index (χ0) is 12.8. The van der Waals surface area contributed by atoms with Gasteiger partial charge in [-0.1, -0.05) is 47.6 Å². The van der Waals surface area contributed by atoms with Crippen LogP contribution in [-0.2, 0) is 10.8 Å². The van der Waals surface area contributed by atoms with Crippen molar-refractivity contribution in [3.63, 3.8) is 0 Å². The van der Waals surface area contributed by atoms with Gasteiger partial charge in [0.25, 0.3) is 0 Å². The number of benzene rings is 1. The third kappa shape index (κ3) is 2.37. The van der Waals surface area contributed by atoms with Gasteiger partial charge < -0.3 is 0 Å². The Hall–Kier alpha value is -0.890. The molecule has 2 heteroatoms. The van der Waals surface area contributed by atoms with E-state index >= 15 is 0 Å². The van der Waals surface area contributed by atoms with Crippen molar-refractivity contribution in [3.8, 4) is 0 Å².